The number of hydrogen-bond acceptors (Lipinski definition) is 6. The molecule has 1 heterocycles. The number of amides is 4. The lowest BCUT2D eigenvalue weighted by Gasteiger charge is -2.09. The highest BCUT2D eigenvalue weighted by Crippen LogP contribution is 2.25. The van der Waals surface area contributed by atoms with Gasteiger partial charge in [0, 0.05) is 26.7 Å². The molecule has 0 saturated carbocycles. The van der Waals surface area contributed by atoms with Gasteiger partial charge in [0.15, 0.2) is 5.13 Å². The highest BCUT2D eigenvalue weighted by atomic mass is 32.1. The van der Waals surface area contributed by atoms with Gasteiger partial charge in [-0.3, -0.25) is 9.59 Å². The monoisotopic (exact) mass is 464 g/mol. The second-order valence-corrected chi connectivity index (χ2v) is 7.39. The summed E-state index contributed by atoms with van der Waals surface area (Å²) in [5, 5.41) is 21.5. The molecular weight excluding hydrogens is 440 g/mol. The van der Waals surface area contributed by atoms with Gasteiger partial charge in [0.2, 0.25) is 5.91 Å². The Kier molecular flexibility index (Phi) is 10.3. The van der Waals surface area contributed by atoms with Crippen LogP contribution >= 0.6 is 11.3 Å². The Balaban J connectivity index is 0.00000118. The molecule has 2 aromatic rings. The molecule has 0 saturated heterocycles. The highest BCUT2D eigenvalue weighted by molar-refractivity contribution is 7.17. The molecule has 0 unspecified atom stereocenters. The van der Waals surface area contributed by atoms with Crippen molar-refractivity contribution in [1.29, 1.82) is 0 Å². The molecule has 4 amide bonds. The van der Waals surface area contributed by atoms with Gasteiger partial charge in [-0.1, -0.05) is 23.5 Å². The molecule has 0 aliphatic rings. The summed E-state index contributed by atoms with van der Waals surface area (Å²) < 4.78 is 0. The number of aliphatic imine (C=N–C) groups is 1. The summed E-state index contributed by atoms with van der Waals surface area (Å²) in [6, 6.07) is 7.40. The number of aromatic nitrogens is 1. The van der Waals surface area contributed by atoms with Crippen molar-refractivity contribution in [1.82, 2.24) is 9.88 Å². The fraction of sp³-hybridized carbons (Fsp3) is 0.263. The number of hydrogen-bond donors (Lipinski definition) is 5. The summed E-state index contributed by atoms with van der Waals surface area (Å²) in [6.07, 6.45) is -0.303. The summed E-state index contributed by atoms with van der Waals surface area (Å²) in [6.45, 7) is 1.39. The van der Waals surface area contributed by atoms with Crippen LogP contribution in [-0.2, 0) is 17.6 Å². The zero-order chi connectivity index (χ0) is 24.3. The second kappa shape index (κ2) is 12.6. The number of benzene rings is 1. The van der Waals surface area contributed by atoms with E-state index in [0.717, 1.165) is 11.9 Å². The second-order valence-electron chi connectivity index (χ2n) is 6.40. The smallest absolute Gasteiger partial charge is 0.432 e. The lowest BCUT2D eigenvalue weighted by molar-refractivity contribution is -0.114. The third-order valence-corrected chi connectivity index (χ3v) is 4.59. The summed E-state index contributed by atoms with van der Waals surface area (Å²) in [5.74, 6) is -0.389. The number of aryl methyl sites for hydroxylation is 2. The Morgan fingerprint density at radius 1 is 1.16 bits per heavy atom. The fourth-order valence-corrected chi connectivity index (χ4v) is 3.37. The van der Waals surface area contributed by atoms with Crippen LogP contribution in [0.1, 0.15) is 27.9 Å². The van der Waals surface area contributed by atoms with Crippen LogP contribution in [0.2, 0.25) is 0 Å². The number of carbonyl (C=O) groups excluding carboxylic acids is 2. The molecule has 2 rings (SSSR count). The first-order valence-corrected chi connectivity index (χ1v) is 9.89. The van der Waals surface area contributed by atoms with Gasteiger partial charge in [-0.05, 0) is 30.5 Å². The molecule has 172 valence electrons. The van der Waals surface area contributed by atoms with Crippen molar-refractivity contribution in [3.63, 3.8) is 0 Å². The van der Waals surface area contributed by atoms with E-state index in [-0.39, 0.29) is 11.8 Å². The first-order chi connectivity index (χ1) is 15.0. The van der Waals surface area contributed by atoms with Gasteiger partial charge >= 0.3 is 12.2 Å². The zero-order valence-corrected chi connectivity index (χ0v) is 18.5. The van der Waals surface area contributed by atoms with E-state index in [0.29, 0.717) is 34.2 Å². The fourth-order valence-electron chi connectivity index (χ4n) is 2.29. The SMILES string of the molecule is CC(=O)Nc1nc(CCc2ccc(NC=NC(=O)O)cc2)c(C(=O)N(C)C)s1.NC(=O)O. The number of nitrogens with zero attached hydrogens (tertiary/aromatic N) is 3. The third-order valence-electron chi connectivity index (χ3n) is 3.59. The average molecular weight is 465 g/mol. The van der Waals surface area contributed by atoms with Crippen molar-refractivity contribution in [2.24, 2.45) is 10.7 Å². The maximum Gasteiger partial charge on any atom is 0.432 e. The van der Waals surface area contributed by atoms with Crippen LogP contribution < -0.4 is 16.4 Å². The first kappa shape index (κ1) is 26.0. The molecule has 0 radical (unpaired) electrons. The van der Waals surface area contributed by atoms with Crippen LogP contribution in [0.5, 0.6) is 0 Å². The van der Waals surface area contributed by atoms with Gasteiger partial charge in [-0.15, -0.1) is 0 Å². The lowest BCUT2D eigenvalue weighted by atomic mass is 10.1. The van der Waals surface area contributed by atoms with Crippen LogP contribution in [0.3, 0.4) is 0 Å². The van der Waals surface area contributed by atoms with E-state index >= 15 is 0 Å². The Morgan fingerprint density at radius 2 is 1.75 bits per heavy atom. The Morgan fingerprint density at radius 3 is 2.25 bits per heavy atom. The molecule has 12 nitrogen and oxygen atoms in total. The summed E-state index contributed by atoms with van der Waals surface area (Å²) in [4.78, 5) is 52.4. The molecule has 32 heavy (non-hydrogen) atoms. The van der Waals surface area contributed by atoms with E-state index in [1.807, 2.05) is 12.1 Å². The van der Waals surface area contributed by atoms with Crippen molar-refractivity contribution >= 4 is 52.5 Å². The topological polar surface area (TPSA) is 187 Å². The maximum absolute atomic E-state index is 12.4. The molecule has 0 aliphatic heterocycles. The quantitative estimate of drug-likeness (QED) is 0.305. The standard InChI is InChI=1S/C18H21N5O4S.CH3NO2/c1-11(24)21-17-22-14(15(28-17)16(25)23(2)3)9-6-12-4-7-13(8-5-12)19-10-20-18(26)27;2-1(3)4/h4-5,7-8,10H,6,9H2,1-3H3,(H,19,20)(H,26,27)(H,21,22,24);2H2,(H,3,4). The van der Waals surface area contributed by atoms with E-state index in [1.165, 1.54) is 23.2 Å². The molecule has 1 aromatic carbocycles. The minimum absolute atomic E-state index is 0.152. The average Bonchev–Trinajstić information content (AvgIpc) is 3.07. The van der Waals surface area contributed by atoms with E-state index in [4.69, 9.17) is 15.0 Å². The molecule has 0 spiro atoms. The Hall–Kier alpha value is -4.00. The van der Waals surface area contributed by atoms with Gasteiger partial charge in [-0.25, -0.2) is 14.6 Å². The summed E-state index contributed by atoms with van der Waals surface area (Å²) >= 11 is 1.17. The number of nitrogens with one attached hydrogen (secondary N) is 2. The van der Waals surface area contributed by atoms with Gasteiger partial charge in [-0.2, -0.15) is 4.99 Å². The molecule has 1 aromatic heterocycles. The largest absolute Gasteiger partial charge is 0.465 e. The number of anilines is 2. The van der Waals surface area contributed by atoms with E-state index in [9.17, 15) is 14.4 Å². The number of rotatable bonds is 7. The van der Waals surface area contributed by atoms with Gasteiger partial charge < -0.3 is 31.5 Å². The van der Waals surface area contributed by atoms with E-state index < -0.39 is 12.2 Å². The first-order valence-electron chi connectivity index (χ1n) is 9.07. The van der Waals surface area contributed by atoms with Crippen molar-refractivity contribution in [2.75, 3.05) is 24.7 Å². The number of carbonyl (C=O) groups is 4. The van der Waals surface area contributed by atoms with E-state index in [2.05, 4.69) is 26.3 Å². The van der Waals surface area contributed by atoms with Crippen molar-refractivity contribution in [3.05, 3.63) is 40.4 Å². The number of carboxylic acid groups (broad SMARTS) is 2. The number of thiazole rings is 1. The molecule has 0 atom stereocenters. The lowest BCUT2D eigenvalue weighted by Crippen LogP contribution is -2.22. The van der Waals surface area contributed by atoms with Crippen LogP contribution in [0, 0.1) is 0 Å². The van der Waals surface area contributed by atoms with Crippen molar-refractivity contribution in [2.45, 2.75) is 19.8 Å². The summed E-state index contributed by atoms with van der Waals surface area (Å²) in [5.41, 5.74) is 6.40. The number of primary amides is 1. The Labute approximate surface area is 187 Å². The van der Waals surface area contributed by atoms with E-state index in [1.54, 1.807) is 26.2 Å². The van der Waals surface area contributed by atoms with Crippen molar-refractivity contribution < 1.29 is 29.4 Å². The summed E-state index contributed by atoms with van der Waals surface area (Å²) in [7, 11) is 3.34. The molecule has 0 aliphatic carbocycles. The van der Waals surface area contributed by atoms with Crippen LogP contribution in [0.15, 0.2) is 29.3 Å². The molecule has 0 fully saturated rings. The minimum Gasteiger partial charge on any atom is -0.465 e. The van der Waals surface area contributed by atoms with Gasteiger partial charge in [0.1, 0.15) is 4.88 Å². The Bertz CT molecular complexity index is 983. The number of nitrogens with two attached hydrogens (primary N) is 1. The predicted octanol–water partition coefficient (Wildman–Crippen LogP) is 2.33. The minimum atomic E-state index is -1.33. The molecule has 6 N–H and O–H groups in total. The molecule has 13 heteroatoms. The third kappa shape index (κ3) is 9.67. The zero-order valence-electron chi connectivity index (χ0n) is 17.7. The van der Waals surface area contributed by atoms with Crippen LogP contribution in [-0.4, -0.2) is 64.5 Å². The van der Waals surface area contributed by atoms with Crippen LogP contribution in [0.25, 0.3) is 0 Å². The predicted molar refractivity (Wildman–Crippen MR) is 121 cm³/mol. The molecule has 0 bridgehead atoms. The van der Waals surface area contributed by atoms with Crippen molar-refractivity contribution in [3.8, 4) is 0 Å². The molecular formula is C19H24N6O6S. The van der Waals surface area contributed by atoms with Gasteiger partial charge in [0.25, 0.3) is 5.91 Å². The normalized spacial score (nSPS) is 10.1. The highest BCUT2D eigenvalue weighted by Gasteiger charge is 2.20. The van der Waals surface area contributed by atoms with Crippen LogP contribution in [0.4, 0.5) is 20.4 Å². The van der Waals surface area contributed by atoms with Gasteiger partial charge in [0.05, 0.1) is 12.0 Å². The maximum atomic E-state index is 12.4.